The molecule has 1 saturated carbocycles. The van der Waals surface area contributed by atoms with Gasteiger partial charge in [0.25, 0.3) is 0 Å². The van der Waals surface area contributed by atoms with Gasteiger partial charge in [-0.3, -0.25) is 9.59 Å². The molecule has 2 atom stereocenters. The molecule has 5 rings (SSSR count). The van der Waals surface area contributed by atoms with E-state index >= 15 is 0 Å². The smallest absolute Gasteiger partial charge is 0.224 e. The molecule has 1 amide bonds. The second-order valence-electron chi connectivity index (χ2n) is 10.9. The number of hydrogen-bond donors (Lipinski definition) is 2. The fourth-order valence-corrected chi connectivity index (χ4v) is 5.68. The molecule has 1 aliphatic heterocycles. The molecule has 4 heterocycles. The van der Waals surface area contributed by atoms with E-state index in [0.717, 1.165) is 80.5 Å². The standard InChI is InChI=1S/C29H38N6O2/c1-3-22(36)9-5-4-6-10-24(34-28(37)23-17-29(23)11-14-35(2)15-12-29)27-32-19-25(33-27)21-16-20-8-7-13-30-26(20)31-18-21/h7-8,13,16,18-19,23-24H,3-6,9-12,14-15,17H2,1-2H3,(H,32,33)(H,34,37)/t23-,24+/m1/s1. The maximum absolute atomic E-state index is 13.4. The van der Waals surface area contributed by atoms with Crippen LogP contribution in [0.4, 0.5) is 0 Å². The Hall–Kier alpha value is -3.13. The monoisotopic (exact) mass is 502 g/mol. The third-order valence-corrected chi connectivity index (χ3v) is 8.34. The lowest BCUT2D eigenvalue weighted by Crippen LogP contribution is -2.36. The number of nitrogens with one attached hydrogen (secondary N) is 2. The van der Waals surface area contributed by atoms with Crippen LogP contribution in [0, 0.1) is 11.3 Å². The van der Waals surface area contributed by atoms with Crippen LogP contribution >= 0.6 is 0 Å². The molecule has 0 radical (unpaired) electrons. The van der Waals surface area contributed by atoms with Crippen molar-refractivity contribution in [3.05, 3.63) is 42.6 Å². The third-order valence-electron chi connectivity index (χ3n) is 8.34. The van der Waals surface area contributed by atoms with Crippen molar-refractivity contribution in [1.82, 2.24) is 30.2 Å². The van der Waals surface area contributed by atoms with Gasteiger partial charge in [0.15, 0.2) is 5.65 Å². The number of H-pyrrole nitrogens is 1. The van der Waals surface area contributed by atoms with Crippen LogP contribution < -0.4 is 5.32 Å². The number of carbonyl (C=O) groups excluding carboxylic acids is 2. The first-order chi connectivity index (χ1) is 18.0. The summed E-state index contributed by atoms with van der Waals surface area (Å²) in [7, 11) is 2.16. The first-order valence-corrected chi connectivity index (χ1v) is 13.7. The highest BCUT2D eigenvalue weighted by Gasteiger charge is 2.58. The molecule has 8 heteroatoms. The van der Waals surface area contributed by atoms with Crippen molar-refractivity contribution in [2.24, 2.45) is 11.3 Å². The van der Waals surface area contributed by atoms with Crippen LogP contribution in [0.25, 0.3) is 22.3 Å². The summed E-state index contributed by atoms with van der Waals surface area (Å²) in [6.07, 6.45) is 13.4. The number of aromatic nitrogens is 4. The number of hydrogen-bond acceptors (Lipinski definition) is 6. The van der Waals surface area contributed by atoms with E-state index in [4.69, 9.17) is 0 Å². The molecule has 3 aromatic heterocycles. The number of imidazole rings is 1. The topological polar surface area (TPSA) is 104 Å². The Bertz CT molecular complexity index is 1250. The normalized spacial score (nSPS) is 19.7. The number of unbranched alkanes of at least 4 members (excludes halogenated alkanes) is 2. The minimum Gasteiger partial charge on any atom is -0.346 e. The molecule has 2 aliphatic rings. The molecule has 2 fully saturated rings. The predicted octanol–water partition coefficient (Wildman–Crippen LogP) is 4.84. The van der Waals surface area contributed by atoms with E-state index in [-0.39, 0.29) is 23.3 Å². The number of Topliss-reactive ketones (excluding diaryl/α,β-unsaturated/α-hetero) is 1. The van der Waals surface area contributed by atoms with Crippen molar-refractivity contribution >= 4 is 22.7 Å². The van der Waals surface area contributed by atoms with Gasteiger partial charge in [-0.15, -0.1) is 0 Å². The molecule has 37 heavy (non-hydrogen) atoms. The van der Waals surface area contributed by atoms with Crippen molar-refractivity contribution in [3.63, 3.8) is 0 Å². The summed E-state index contributed by atoms with van der Waals surface area (Å²) in [6, 6.07) is 5.78. The summed E-state index contributed by atoms with van der Waals surface area (Å²) in [6.45, 7) is 4.06. The lowest BCUT2D eigenvalue weighted by Gasteiger charge is -2.30. The first-order valence-electron chi connectivity index (χ1n) is 13.7. The number of likely N-dealkylation sites (tertiary alicyclic amines) is 1. The van der Waals surface area contributed by atoms with Gasteiger partial charge in [0.2, 0.25) is 5.91 Å². The second kappa shape index (κ2) is 11.1. The number of nitrogens with zero attached hydrogens (tertiary/aromatic N) is 4. The summed E-state index contributed by atoms with van der Waals surface area (Å²) in [4.78, 5) is 44.3. The zero-order valence-electron chi connectivity index (χ0n) is 22.0. The van der Waals surface area contributed by atoms with E-state index in [0.29, 0.717) is 24.3 Å². The van der Waals surface area contributed by atoms with E-state index in [1.165, 1.54) is 0 Å². The van der Waals surface area contributed by atoms with Crippen LogP contribution in [0.15, 0.2) is 36.8 Å². The van der Waals surface area contributed by atoms with Crippen molar-refractivity contribution in [3.8, 4) is 11.3 Å². The fourth-order valence-electron chi connectivity index (χ4n) is 5.68. The van der Waals surface area contributed by atoms with E-state index in [1.54, 1.807) is 12.4 Å². The number of carbonyl (C=O) groups is 2. The Morgan fingerprint density at radius 1 is 1.16 bits per heavy atom. The Balaban J connectivity index is 1.27. The molecule has 1 aliphatic carbocycles. The van der Waals surface area contributed by atoms with Crippen molar-refractivity contribution in [2.75, 3.05) is 20.1 Å². The molecule has 0 bridgehead atoms. The minimum atomic E-state index is -0.179. The Kier molecular flexibility index (Phi) is 7.65. The second-order valence-corrected chi connectivity index (χ2v) is 10.9. The van der Waals surface area contributed by atoms with Gasteiger partial charge in [0.05, 0.1) is 17.9 Å². The average molecular weight is 503 g/mol. The summed E-state index contributed by atoms with van der Waals surface area (Å²) < 4.78 is 0. The van der Waals surface area contributed by atoms with Crippen molar-refractivity contribution in [1.29, 1.82) is 0 Å². The van der Waals surface area contributed by atoms with E-state index in [1.807, 2.05) is 25.3 Å². The summed E-state index contributed by atoms with van der Waals surface area (Å²) in [5.74, 6) is 1.36. The van der Waals surface area contributed by atoms with Gasteiger partial charge >= 0.3 is 0 Å². The highest BCUT2D eigenvalue weighted by Crippen LogP contribution is 2.59. The quantitative estimate of drug-likeness (QED) is 0.364. The van der Waals surface area contributed by atoms with Crippen molar-refractivity contribution < 1.29 is 9.59 Å². The zero-order valence-corrected chi connectivity index (χ0v) is 22.0. The van der Waals surface area contributed by atoms with Crippen LogP contribution in [0.5, 0.6) is 0 Å². The number of rotatable bonds is 11. The molecule has 1 spiro atoms. The predicted molar refractivity (Wildman–Crippen MR) is 144 cm³/mol. The van der Waals surface area contributed by atoms with Crippen LogP contribution in [-0.2, 0) is 9.59 Å². The Morgan fingerprint density at radius 3 is 2.81 bits per heavy atom. The largest absolute Gasteiger partial charge is 0.346 e. The van der Waals surface area contributed by atoms with Gasteiger partial charge in [-0.2, -0.15) is 0 Å². The van der Waals surface area contributed by atoms with E-state index in [9.17, 15) is 9.59 Å². The fraction of sp³-hybridized carbons (Fsp3) is 0.552. The van der Waals surface area contributed by atoms with Crippen LogP contribution in [0.1, 0.15) is 76.6 Å². The van der Waals surface area contributed by atoms with Gasteiger partial charge in [-0.25, -0.2) is 15.0 Å². The first kappa shape index (κ1) is 25.5. The zero-order chi connectivity index (χ0) is 25.8. The van der Waals surface area contributed by atoms with Gasteiger partial charge in [0.1, 0.15) is 11.6 Å². The van der Waals surface area contributed by atoms with Crippen LogP contribution in [0.2, 0.25) is 0 Å². The maximum atomic E-state index is 13.4. The molecule has 1 saturated heterocycles. The molecule has 8 nitrogen and oxygen atoms in total. The number of amides is 1. The SMILES string of the molecule is CCC(=O)CCCCC[C@H](NC(=O)[C@H]1CC12CCN(C)CC2)c1ncc(-c2cnc3ncccc3c2)[nH]1. The Morgan fingerprint density at radius 2 is 2.00 bits per heavy atom. The van der Waals surface area contributed by atoms with E-state index in [2.05, 4.69) is 43.3 Å². The third kappa shape index (κ3) is 5.90. The van der Waals surface area contributed by atoms with Crippen LogP contribution in [-0.4, -0.2) is 56.7 Å². The molecule has 2 N–H and O–H groups in total. The summed E-state index contributed by atoms with van der Waals surface area (Å²) >= 11 is 0. The van der Waals surface area contributed by atoms with Gasteiger partial charge < -0.3 is 15.2 Å². The van der Waals surface area contributed by atoms with Crippen LogP contribution in [0.3, 0.4) is 0 Å². The minimum absolute atomic E-state index is 0.109. The lowest BCUT2D eigenvalue weighted by atomic mass is 9.91. The van der Waals surface area contributed by atoms with E-state index < -0.39 is 0 Å². The lowest BCUT2D eigenvalue weighted by molar-refractivity contribution is -0.124. The molecule has 3 aromatic rings. The number of fused-ring (bicyclic) bond motifs is 1. The highest BCUT2D eigenvalue weighted by molar-refractivity contribution is 5.83. The van der Waals surface area contributed by atoms with Gasteiger partial charge in [0, 0.05) is 42.1 Å². The number of aromatic amines is 1. The number of pyridine rings is 2. The molecule has 196 valence electrons. The highest BCUT2D eigenvalue weighted by atomic mass is 16.2. The van der Waals surface area contributed by atoms with Crippen molar-refractivity contribution in [2.45, 2.75) is 70.8 Å². The number of ketones is 1. The molecule has 0 aromatic carbocycles. The molecule has 0 unspecified atom stereocenters. The molecular weight excluding hydrogens is 464 g/mol. The molecular formula is C29H38N6O2. The van der Waals surface area contributed by atoms with Gasteiger partial charge in [-0.05, 0) is 75.9 Å². The number of piperidine rings is 1. The Labute approximate surface area is 218 Å². The average Bonchev–Trinajstić information content (AvgIpc) is 3.40. The summed E-state index contributed by atoms with van der Waals surface area (Å²) in [5, 5.41) is 4.32. The summed E-state index contributed by atoms with van der Waals surface area (Å²) in [5.41, 5.74) is 2.72. The van der Waals surface area contributed by atoms with Gasteiger partial charge in [-0.1, -0.05) is 19.8 Å². The maximum Gasteiger partial charge on any atom is 0.224 e.